The van der Waals surface area contributed by atoms with Crippen LogP contribution in [0, 0.1) is 17.0 Å². The lowest BCUT2D eigenvalue weighted by Crippen LogP contribution is -2.37. The molecule has 0 spiro atoms. The average molecular weight is 413 g/mol. The number of ether oxygens (including phenoxy) is 2. The van der Waals surface area contributed by atoms with Crippen molar-refractivity contribution in [3.05, 3.63) is 57.6 Å². The zero-order valence-electron chi connectivity index (χ0n) is 17.5. The van der Waals surface area contributed by atoms with Crippen molar-refractivity contribution in [3.63, 3.8) is 0 Å². The van der Waals surface area contributed by atoms with Gasteiger partial charge in [0, 0.05) is 25.2 Å². The number of carbonyl (C=O) groups is 1. The summed E-state index contributed by atoms with van der Waals surface area (Å²) in [5, 5.41) is 14.0. The molecule has 0 radical (unpaired) electrons. The fourth-order valence-corrected chi connectivity index (χ4v) is 3.38. The number of hydrogen-bond acceptors (Lipinski definition) is 6. The second-order valence-electron chi connectivity index (χ2n) is 7.59. The molecule has 0 bridgehead atoms. The number of non-ortho nitro benzene ring substituents is 1. The van der Waals surface area contributed by atoms with Crippen molar-refractivity contribution in [2.45, 2.75) is 26.7 Å². The predicted octanol–water partition coefficient (Wildman–Crippen LogP) is 3.88. The molecule has 0 aromatic heterocycles. The number of nitro groups is 1. The van der Waals surface area contributed by atoms with Crippen molar-refractivity contribution in [3.8, 4) is 5.75 Å². The van der Waals surface area contributed by atoms with E-state index in [-0.39, 0.29) is 24.1 Å². The molecule has 0 aliphatic carbocycles. The van der Waals surface area contributed by atoms with E-state index in [2.05, 4.69) is 19.2 Å². The number of anilines is 2. The van der Waals surface area contributed by atoms with Crippen molar-refractivity contribution in [1.82, 2.24) is 0 Å². The van der Waals surface area contributed by atoms with E-state index in [1.807, 2.05) is 30.0 Å². The molecule has 1 heterocycles. The van der Waals surface area contributed by atoms with Crippen LogP contribution in [0.4, 0.5) is 17.1 Å². The van der Waals surface area contributed by atoms with Gasteiger partial charge in [-0.1, -0.05) is 26.0 Å². The van der Waals surface area contributed by atoms with Gasteiger partial charge in [0.1, 0.15) is 5.75 Å². The summed E-state index contributed by atoms with van der Waals surface area (Å²) in [6.45, 7) is 8.23. The number of morpholine rings is 1. The molecule has 0 unspecified atom stereocenters. The van der Waals surface area contributed by atoms with E-state index in [9.17, 15) is 14.9 Å². The minimum Gasteiger partial charge on any atom is -0.483 e. The van der Waals surface area contributed by atoms with Gasteiger partial charge in [0.25, 0.3) is 11.6 Å². The average Bonchev–Trinajstić information content (AvgIpc) is 2.73. The SMILES string of the molecule is Cc1ccc(C(C)C)c(OCC(=O)Nc2ccc([N+](=O)[O-])cc2N2CCOCC2)c1. The van der Waals surface area contributed by atoms with E-state index in [4.69, 9.17) is 9.47 Å². The first-order chi connectivity index (χ1) is 14.3. The van der Waals surface area contributed by atoms with E-state index in [1.165, 1.54) is 12.1 Å². The lowest BCUT2D eigenvalue weighted by atomic mass is 10.0. The van der Waals surface area contributed by atoms with Gasteiger partial charge >= 0.3 is 0 Å². The van der Waals surface area contributed by atoms with Crippen molar-refractivity contribution in [1.29, 1.82) is 0 Å². The highest BCUT2D eigenvalue weighted by Crippen LogP contribution is 2.31. The van der Waals surface area contributed by atoms with Crippen LogP contribution in [-0.2, 0) is 9.53 Å². The Labute approximate surface area is 175 Å². The number of aryl methyl sites for hydroxylation is 1. The Kier molecular flexibility index (Phi) is 6.89. The van der Waals surface area contributed by atoms with Gasteiger partial charge in [-0.2, -0.15) is 0 Å². The summed E-state index contributed by atoms with van der Waals surface area (Å²) in [4.78, 5) is 25.3. The Morgan fingerprint density at radius 1 is 1.23 bits per heavy atom. The van der Waals surface area contributed by atoms with Gasteiger partial charge in [-0.15, -0.1) is 0 Å². The molecule has 1 aliphatic rings. The number of nitrogens with zero attached hydrogens (tertiary/aromatic N) is 2. The maximum absolute atomic E-state index is 12.6. The molecule has 8 heteroatoms. The molecule has 0 atom stereocenters. The Balaban J connectivity index is 1.75. The maximum atomic E-state index is 12.6. The first-order valence-electron chi connectivity index (χ1n) is 9.99. The van der Waals surface area contributed by atoms with Gasteiger partial charge in [0.15, 0.2) is 6.61 Å². The molecule has 1 aliphatic heterocycles. The maximum Gasteiger partial charge on any atom is 0.271 e. The quantitative estimate of drug-likeness (QED) is 0.547. The zero-order chi connectivity index (χ0) is 21.7. The van der Waals surface area contributed by atoms with E-state index in [1.54, 1.807) is 6.07 Å². The summed E-state index contributed by atoms with van der Waals surface area (Å²) >= 11 is 0. The van der Waals surface area contributed by atoms with Crippen molar-refractivity contribution >= 4 is 23.0 Å². The molecular formula is C22H27N3O5. The first kappa shape index (κ1) is 21.6. The largest absolute Gasteiger partial charge is 0.483 e. The minimum absolute atomic E-state index is 0.0212. The molecule has 2 aromatic carbocycles. The van der Waals surface area contributed by atoms with Crippen molar-refractivity contribution in [2.24, 2.45) is 0 Å². The van der Waals surface area contributed by atoms with E-state index >= 15 is 0 Å². The van der Waals surface area contributed by atoms with Crippen molar-refractivity contribution < 1.29 is 19.2 Å². The number of rotatable bonds is 7. The highest BCUT2D eigenvalue weighted by atomic mass is 16.6. The highest BCUT2D eigenvalue weighted by molar-refractivity contribution is 5.95. The second-order valence-corrected chi connectivity index (χ2v) is 7.59. The summed E-state index contributed by atoms with van der Waals surface area (Å²) in [7, 11) is 0. The van der Waals surface area contributed by atoms with Gasteiger partial charge in [-0.05, 0) is 36.1 Å². The van der Waals surface area contributed by atoms with Crippen LogP contribution in [0.3, 0.4) is 0 Å². The number of nitrogens with one attached hydrogen (secondary N) is 1. The van der Waals surface area contributed by atoms with E-state index in [0.717, 1.165) is 11.1 Å². The Morgan fingerprint density at radius 2 is 1.97 bits per heavy atom. The van der Waals surface area contributed by atoms with Crippen molar-refractivity contribution in [2.75, 3.05) is 43.1 Å². The third kappa shape index (κ3) is 5.27. The van der Waals surface area contributed by atoms with Crippen LogP contribution >= 0.6 is 0 Å². The molecule has 1 saturated heterocycles. The number of carbonyl (C=O) groups excluding carboxylic acids is 1. The predicted molar refractivity (Wildman–Crippen MR) is 116 cm³/mol. The van der Waals surface area contributed by atoms with Crippen LogP contribution in [0.25, 0.3) is 0 Å². The molecule has 2 aromatic rings. The number of amides is 1. The van der Waals surface area contributed by atoms with E-state index in [0.29, 0.717) is 43.4 Å². The first-order valence-corrected chi connectivity index (χ1v) is 9.99. The van der Waals surface area contributed by atoms with Crippen LogP contribution in [-0.4, -0.2) is 43.7 Å². The fraction of sp³-hybridized carbons (Fsp3) is 0.409. The molecule has 1 N–H and O–H groups in total. The lowest BCUT2D eigenvalue weighted by molar-refractivity contribution is -0.384. The second kappa shape index (κ2) is 9.58. The topological polar surface area (TPSA) is 93.9 Å². The third-order valence-corrected chi connectivity index (χ3v) is 4.97. The summed E-state index contributed by atoms with van der Waals surface area (Å²) < 4.78 is 11.2. The van der Waals surface area contributed by atoms with Gasteiger partial charge in [0.2, 0.25) is 0 Å². The van der Waals surface area contributed by atoms with E-state index < -0.39 is 4.92 Å². The Hall–Kier alpha value is -3.13. The highest BCUT2D eigenvalue weighted by Gasteiger charge is 2.20. The number of hydrogen-bond donors (Lipinski definition) is 1. The van der Waals surface area contributed by atoms with Gasteiger partial charge < -0.3 is 19.7 Å². The van der Waals surface area contributed by atoms with Crippen LogP contribution in [0.5, 0.6) is 5.75 Å². The van der Waals surface area contributed by atoms with Gasteiger partial charge in [0.05, 0.1) is 29.5 Å². The number of benzene rings is 2. The fourth-order valence-electron chi connectivity index (χ4n) is 3.38. The zero-order valence-corrected chi connectivity index (χ0v) is 17.5. The molecule has 1 amide bonds. The molecular weight excluding hydrogens is 386 g/mol. The van der Waals surface area contributed by atoms with Crippen LogP contribution in [0.1, 0.15) is 30.9 Å². The third-order valence-electron chi connectivity index (χ3n) is 4.97. The summed E-state index contributed by atoms with van der Waals surface area (Å²) in [5.41, 5.74) is 3.20. The summed E-state index contributed by atoms with van der Waals surface area (Å²) in [5.74, 6) is 0.637. The lowest BCUT2D eigenvalue weighted by Gasteiger charge is -2.30. The Bertz CT molecular complexity index is 923. The number of nitro benzene ring substituents is 1. The summed E-state index contributed by atoms with van der Waals surface area (Å²) in [6, 6.07) is 10.4. The normalized spacial score (nSPS) is 13.9. The summed E-state index contributed by atoms with van der Waals surface area (Å²) in [6.07, 6.45) is 0. The Morgan fingerprint density at radius 3 is 2.63 bits per heavy atom. The standard InChI is InChI=1S/C22H27N3O5/c1-15(2)18-6-4-16(3)12-21(18)30-14-22(26)23-19-7-5-17(25(27)28)13-20(19)24-8-10-29-11-9-24/h4-7,12-13,15H,8-11,14H2,1-3H3,(H,23,26). The van der Waals surface area contributed by atoms with Gasteiger partial charge in [-0.3, -0.25) is 14.9 Å². The molecule has 30 heavy (non-hydrogen) atoms. The minimum atomic E-state index is -0.441. The molecule has 1 fully saturated rings. The van der Waals surface area contributed by atoms with Crippen LogP contribution in [0.2, 0.25) is 0 Å². The smallest absolute Gasteiger partial charge is 0.271 e. The van der Waals surface area contributed by atoms with Crippen LogP contribution < -0.4 is 15.0 Å². The molecule has 8 nitrogen and oxygen atoms in total. The molecule has 3 rings (SSSR count). The van der Waals surface area contributed by atoms with Gasteiger partial charge in [-0.25, -0.2) is 0 Å². The molecule has 160 valence electrons. The molecule has 0 saturated carbocycles. The van der Waals surface area contributed by atoms with Crippen LogP contribution in [0.15, 0.2) is 36.4 Å². The monoisotopic (exact) mass is 413 g/mol.